The first kappa shape index (κ1) is 22.4. The molecule has 0 N–H and O–H groups in total. The average molecular weight is 415 g/mol. The van der Waals surface area contributed by atoms with E-state index in [0.717, 1.165) is 36.0 Å². The van der Waals surface area contributed by atoms with E-state index in [-0.39, 0.29) is 5.78 Å². The van der Waals surface area contributed by atoms with Crippen LogP contribution >= 0.6 is 0 Å². The molecule has 0 fully saturated rings. The number of ether oxygens (including phenoxy) is 2. The van der Waals surface area contributed by atoms with Crippen molar-refractivity contribution >= 4 is 11.9 Å². The highest BCUT2D eigenvalue weighted by Crippen LogP contribution is 2.30. The fraction of sp³-hybridized carbons (Fsp3) is 0.250. The highest BCUT2D eigenvalue weighted by molar-refractivity contribution is 5.93. The van der Waals surface area contributed by atoms with Crippen molar-refractivity contribution in [2.24, 2.45) is 0 Å². The molecule has 3 nitrogen and oxygen atoms in total. The zero-order valence-corrected chi connectivity index (χ0v) is 18.1. The molecule has 0 aliphatic rings. The van der Waals surface area contributed by atoms with Gasteiger partial charge in [-0.25, -0.2) is 0 Å². The number of allylic oxidation sites excluding steroid dienone is 1. The van der Waals surface area contributed by atoms with Gasteiger partial charge in [-0.1, -0.05) is 92.6 Å². The molecule has 0 heterocycles. The minimum Gasteiger partial charge on any atom is -0.485 e. The molecule has 3 heteroatoms. The van der Waals surface area contributed by atoms with Gasteiger partial charge in [0, 0.05) is 6.42 Å². The van der Waals surface area contributed by atoms with Crippen LogP contribution in [-0.2, 0) is 18.0 Å². The van der Waals surface area contributed by atoms with Crippen LogP contribution in [0.25, 0.3) is 6.08 Å². The van der Waals surface area contributed by atoms with Crippen molar-refractivity contribution in [2.75, 3.05) is 0 Å². The molecule has 0 unspecified atom stereocenters. The van der Waals surface area contributed by atoms with Crippen molar-refractivity contribution in [3.63, 3.8) is 0 Å². The Labute approximate surface area is 185 Å². The fourth-order valence-electron chi connectivity index (χ4n) is 3.15. The molecule has 0 spiro atoms. The maximum atomic E-state index is 12.1. The molecule has 3 aromatic carbocycles. The van der Waals surface area contributed by atoms with Crippen LogP contribution in [0.15, 0.2) is 84.9 Å². The average Bonchev–Trinajstić information content (AvgIpc) is 2.82. The van der Waals surface area contributed by atoms with Crippen LogP contribution in [-0.4, -0.2) is 5.78 Å². The summed E-state index contributed by atoms with van der Waals surface area (Å²) in [6.45, 7) is 3.05. The molecule has 0 aliphatic carbocycles. The van der Waals surface area contributed by atoms with Crippen LogP contribution in [0.3, 0.4) is 0 Å². The van der Waals surface area contributed by atoms with Crippen molar-refractivity contribution in [3.05, 3.63) is 102 Å². The first-order chi connectivity index (χ1) is 15.2. The van der Waals surface area contributed by atoms with Crippen LogP contribution in [0.4, 0.5) is 0 Å². The number of unbranched alkanes of at least 4 members (excludes halogenated alkanes) is 2. The highest BCUT2D eigenvalue weighted by atomic mass is 16.5. The molecule has 0 amide bonds. The predicted octanol–water partition coefficient (Wildman–Crippen LogP) is 7.01. The summed E-state index contributed by atoms with van der Waals surface area (Å²) in [7, 11) is 0. The van der Waals surface area contributed by atoms with Gasteiger partial charge in [-0.15, -0.1) is 0 Å². The molecule has 0 radical (unpaired) electrons. The lowest BCUT2D eigenvalue weighted by atomic mass is 10.1. The Morgan fingerprint density at radius 2 is 1.39 bits per heavy atom. The standard InChI is InChI=1S/C28H30O3/c1-2-3-6-15-26(29)18-16-23-17-19-27(30-21-24-11-7-4-8-12-24)28(20-23)31-22-25-13-9-5-10-14-25/h4-5,7-14,16-20H,2-3,6,15,21-22H2,1H3. The second-order valence-corrected chi connectivity index (χ2v) is 7.51. The molecule has 3 rings (SSSR count). The number of carbonyl (C=O) groups is 1. The normalized spacial score (nSPS) is 10.9. The lowest BCUT2D eigenvalue weighted by Gasteiger charge is -2.14. The molecule has 0 saturated carbocycles. The molecule has 0 bridgehead atoms. The summed E-state index contributed by atoms with van der Waals surface area (Å²) >= 11 is 0. The molecule has 0 aliphatic heterocycles. The monoisotopic (exact) mass is 414 g/mol. The Morgan fingerprint density at radius 3 is 2.00 bits per heavy atom. The van der Waals surface area contributed by atoms with Gasteiger partial charge in [0.25, 0.3) is 0 Å². The SMILES string of the molecule is CCCCCC(=O)C=Cc1ccc(OCc2ccccc2)c(OCc2ccccc2)c1. The topological polar surface area (TPSA) is 35.5 Å². The van der Waals surface area contributed by atoms with Gasteiger partial charge in [0.2, 0.25) is 0 Å². The molecule has 0 saturated heterocycles. The number of ketones is 1. The van der Waals surface area contributed by atoms with Crippen molar-refractivity contribution in [1.82, 2.24) is 0 Å². The summed E-state index contributed by atoms with van der Waals surface area (Å²) in [5.74, 6) is 1.51. The summed E-state index contributed by atoms with van der Waals surface area (Å²) in [4.78, 5) is 12.1. The maximum Gasteiger partial charge on any atom is 0.162 e. The molecule has 0 aromatic heterocycles. The summed E-state index contributed by atoms with van der Waals surface area (Å²) in [5.41, 5.74) is 3.10. The van der Waals surface area contributed by atoms with Gasteiger partial charge in [0.05, 0.1) is 0 Å². The highest BCUT2D eigenvalue weighted by Gasteiger charge is 2.08. The van der Waals surface area contributed by atoms with E-state index < -0.39 is 0 Å². The summed E-state index contributed by atoms with van der Waals surface area (Å²) < 4.78 is 12.1. The van der Waals surface area contributed by atoms with Crippen LogP contribution in [0, 0.1) is 0 Å². The van der Waals surface area contributed by atoms with Gasteiger partial charge in [0.15, 0.2) is 17.3 Å². The van der Waals surface area contributed by atoms with Crippen molar-refractivity contribution < 1.29 is 14.3 Å². The fourth-order valence-corrected chi connectivity index (χ4v) is 3.15. The lowest BCUT2D eigenvalue weighted by Crippen LogP contribution is -2.01. The second-order valence-electron chi connectivity index (χ2n) is 7.51. The zero-order valence-electron chi connectivity index (χ0n) is 18.1. The van der Waals surface area contributed by atoms with E-state index in [9.17, 15) is 4.79 Å². The minimum atomic E-state index is 0.157. The molecule has 3 aromatic rings. The minimum absolute atomic E-state index is 0.157. The third-order valence-electron chi connectivity index (χ3n) is 4.93. The molecule has 160 valence electrons. The van der Waals surface area contributed by atoms with Crippen LogP contribution in [0.1, 0.15) is 49.3 Å². The quantitative estimate of drug-likeness (QED) is 0.236. The predicted molar refractivity (Wildman–Crippen MR) is 126 cm³/mol. The Hall–Kier alpha value is -3.33. The summed E-state index contributed by atoms with van der Waals surface area (Å²) in [6, 6.07) is 25.9. The second kappa shape index (κ2) is 12.4. The van der Waals surface area contributed by atoms with E-state index >= 15 is 0 Å². The van der Waals surface area contributed by atoms with Crippen molar-refractivity contribution in [2.45, 2.75) is 45.8 Å². The lowest BCUT2D eigenvalue weighted by molar-refractivity contribution is -0.114. The van der Waals surface area contributed by atoms with Gasteiger partial charge >= 0.3 is 0 Å². The number of hydrogen-bond acceptors (Lipinski definition) is 3. The smallest absolute Gasteiger partial charge is 0.162 e. The molecule has 31 heavy (non-hydrogen) atoms. The maximum absolute atomic E-state index is 12.1. The third-order valence-corrected chi connectivity index (χ3v) is 4.93. The van der Waals surface area contributed by atoms with Gasteiger partial charge in [-0.05, 0) is 41.3 Å². The largest absolute Gasteiger partial charge is 0.485 e. The Bertz CT molecular complexity index is 962. The third kappa shape index (κ3) is 7.78. The number of hydrogen-bond donors (Lipinski definition) is 0. The summed E-state index contributed by atoms with van der Waals surface area (Å²) in [6.07, 6.45) is 7.26. The van der Waals surface area contributed by atoms with E-state index in [0.29, 0.717) is 31.1 Å². The molecular weight excluding hydrogens is 384 g/mol. The van der Waals surface area contributed by atoms with Gasteiger partial charge in [-0.3, -0.25) is 4.79 Å². The van der Waals surface area contributed by atoms with Gasteiger partial charge < -0.3 is 9.47 Å². The van der Waals surface area contributed by atoms with Crippen LogP contribution in [0.5, 0.6) is 11.5 Å². The number of benzene rings is 3. The van der Waals surface area contributed by atoms with Gasteiger partial charge in [0.1, 0.15) is 13.2 Å². The first-order valence-corrected chi connectivity index (χ1v) is 10.9. The van der Waals surface area contributed by atoms with Gasteiger partial charge in [-0.2, -0.15) is 0 Å². The van der Waals surface area contributed by atoms with E-state index in [1.807, 2.05) is 84.9 Å². The van der Waals surface area contributed by atoms with E-state index in [4.69, 9.17) is 9.47 Å². The van der Waals surface area contributed by atoms with Crippen molar-refractivity contribution in [3.8, 4) is 11.5 Å². The van der Waals surface area contributed by atoms with E-state index in [1.54, 1.807) is 6.08 Å². The zero-order chi connectivity index (χ0) is 21.7. The van der Waals surface area contributed by atoms with E-state index in [2.05, 4.69) is 6.92 Å². The number of carbonyl (C=O) groups excluding carboxylic acids is 1. The molecular formula is C28H30O3. The van der Waals surface area contributed by atoms with Crippen LogP contribution < -0.4 is 9.47 Å². The Morgan fingerprint density at radius 1 is 0.774 bits per heavy atom. The Balaban J connectivity index is 1.71. The number of rotatable bonds is 12. The Kier molecular flexibility index (Phi) is 8.93. The van der Waals surface area contributed by atoms with Crippen LogP contribution in [0.2, 0.25) is 0 Å². The molecule has 0 atom stereocenters. The summed E-state index contributed by atoms with van der Waals surface area (Å²) in [5, 5.41) is 0. The van der Waals surface area contributed by atoms with Crippen molar-refractivity contribution in [1.29, 1.82) is 0 Å². The van der Waals surface area contributed by atoms with E-state index in [1.165, 1.54) is 0 Å². The first-order valence-electron chi connectivity index (χ1n) is 10.9.